The van der Waals surface area contributed by atoms with Gasteiger partial charge >= 0.3 is 0 Å². The molecule has 1 fully saturated rings. The number of carbonyl (C=O) groups excluding carboxylic acids is 1. The molecule has 98 valence electrons. The van der Waals surface area contributed by atoms with E-state index in [2.05, 4.69) is 0 Å². The Morgan fingerprint density at radius 3 is 2.83 bits per heavy atom. The first-order chi connectivity index (χ1) is 8.49. The molecule has 1 amide bonds. The third-order valence-corrected chi connectivity index (χ3v) is 3.81. The lowest BCUT2D eigenvalue weighted by Crippen LogP contribution is -2.45. The molecule has 1 aliphatic rings. The van der Waals surface area contributed by atoms with Gasteiger partial charge in [0.25, 0.3) is 5.91 Å². The van der Waals surface area contributed by atoms with E-state index in [1.165, 1.54) is 0 Å². The highest BCUT2D eigenvalue weighted by molar-refractivity contribution is 6.33. The molecule has 18 heavy (non-hydrogen) atoms. The minimum Gasteiger partial charge on any atom is -0.393 e. The van der Waals surface area contributed by atoms with Gasteiger partial charge in [-0.25, -0.2) is 0 Å². The summed E-state index contributed by atoms with van der Waals surface area (Å²) >= 11 is 6.11. The summed E-state index contributed by atoms with van der Waals surface area (Å²) in [5, 5.41) is 10.2. The number of rotatable bonds is 1. The Morgan fingerprint density at radius 2 is 2.22 bits per heavy atom. The third kappa shape index (κ3) is 2.68. The number of hydrogen-bond donors (Lipinski definition) is 1. The van der Waals surface area contributed by atoms with Crippen LogP contribution in [0.15, 0.2) is 18.2 Å². The number of aryl methyl sites for hydroxylation is 1. The van der Waals surface area contributed by atoms with E-state index in [1.54, 1.807) is 17.0 Å². The van der Waals surface area contributed by atoms with E-state index in [-0.39, 0.29) is 17.9 Å². The number of aliphatic hydroxyl groups excluding tert-OH is 1. The lowest BCUT2D eigenvalue weighted by Gasteiger charge is -2.34. The second-order valence-corrected chi connectivity index (χ2v) is 5.47. The normalized spacial score (nSPS) is 24.1. The van der Waals surface area contributed by atoms with Crippen LogP contribution in [0.4, 0.5) is 0 Å². The molecule has 0 aromatic heterocycles. The molecular formula is C14H18ClNO2. The van der Waals surface area contributed by atoms with Gasteiger partial charge in [0.2, 0.25) is 0 Å². The Kier molecular flexibility index (Phi) is 3.93. The summed E-state index contributed by atoms with van der Waals surface area (Å²) in [6.07, 6.45) is 0.332. The maximum absolute atomic E-state index is 12.3. The van der Waals surface area contributed by atoms with Crippen molar-refractivity contribution in [3.05, 3.63) is 34.3 Å². The van der Waals surface area contributed by atoms with Crippen LogP contribution in [0.5, 0.6) is 0 Å². The molecule has 2 atom stereocenters. The standard InChI is InChI=1S/C14H18ClNO2/c1-9-3-4-11(12(15)7-9)14(18)16-6-5-13(17)10(2)8-16/h3-4,7,10,13,17H,5-6,8H2,1-2H3. The average Bonchev–Trinajstić information content (AvgIpc) is 2.32. The summed E-state index contributed by atoms with van der Waals surface area (Å²) in [4.78, 5) is 14.1. The molecule has 0 saturated carbocycles. The quantitative estimate of drug-likeness (QED) is 0.849. The van der Waals surface area contributed by atoms with Crippen LogP contribution in [0.25, 0.3) is 0 Å². The first kappa shape index (κ1) is 13.4. The monoisotopic (exact) mass is 267 g/mol. The third-order valence-electron chi connectivity index (χ3n) is 3.50. The predicted molar refractivity (Wildman–Crippen MR) is 71.9 cm³/mol. The molecule has 2 rings (SSSR count). The smallest absolute Gasteiger partial charge is 0.255 e. The molecule has 1 heterocycles. The number of amides is 1. The van der Waals surface area contributed by atoms with Crippen LogP contribution in [-0.2, 0) is 0 Å². The van der Waals surface area contributed by atoms with Gasteiger partial charge in [0.1, 0.15) is 0 Å². The highest BCUT2D eigenvalue weighted by atomic mass is 35.5. The highest BCUT2D eigenvalue weighted by Gasteiger charge is 2.28. The maximum Gasteiger partial charge on any atom is 0.255 e. The minimum absolute atomic E-state index is 0.0428. The second kappa shape index (κ2) is 5.29. The Morgan fingerprint density at radius 1 is 1.50 bits per heavy atom. The number of benzene rings is 1. The number of hydrogen-bond acceptors (Lipinski definition) is 2. The SMILES string of the molecule is Cc1ccc(C(=O)N2CCC(O)C(C)C2)c(Cl)c1. The summed E-state index contributed by atoms with van der Waals surface area (Å²) in [5.41, 5.74) is 1.59. The molecule has 0 radical (unpaired) electrons. The van der Waals surface area contributed by atoms with Crippen molar-refractivity contribution in [1.82, 2.24) is 4.90 Å². The van der Waals surface area contributed by atoms with Crippen LogP contribution in [0.2, 0.25) is 5.02 Å². The van der Waals surface area contributed by atoms with Gasteiger partial charge in [-0.1, -0.05) is 24.6 Å². The highest BCUT2D eigenvalue weighted by Crippen LogP contribution is 2.23. The van der Waals surface area contributed by atoms with Gasteiger partial charge < -0.3 is 10.0 Å². The zero-order chi connectivity index (χ0) is 13.3. The predicted octanol–water partition coefficient (Wildman–Crippen LogP) is 2.49. The minimum atomic E-state index is -0.303. The number of aliphatic hydroxyl groups is 1. The van der Waals surface area contributed by atoms with Crippen LogP contribution < -0.4 is 0 Å². The van der Waals surface area contributed by atoms with Crippen molar-refractivity contribution >= 4 is 17.5 Å². The Bertz CT molecular complexity index is 461. The molecule has 1 aliphatic heterocycles. The fourth-order valence-electron chi connectivity index (χ4n) is 2.28. The van der Waals surface area contributed by atoms with Gasteiger partial charge in [-0.15, -0.1) is 0 Å². The summed E-state index contributed by atoms with van der Waals surface area (Å²) in [5.74, 6) is 0.0747. The van der Waals surface area contributed by atoms with Crippen LogP contribution in [-0.4, -0.2) is 35.1 Å². The second-order valence-electron chi connectivity index (χ2n) is 5.07. The number of halogens is 1. The van der Waals surface area contributed by atoms with E-state index in [0.717, 1.165) is 5.56 Å². The van der Waals surface area contributed by atoms with E-state index in [4.69, 9.17) is 11.6 Å². The summed E-state index contributed by atoms with van der Waals surface area (Å²) in [7, 11) is 0. The van der Waals surface area contributed by atoms with Crippen molar-refractivity contribution in [3.63, 3.8) is 0 Å². The van der Waals surface area contributed by atoms with Crippen molar-refractivity contribution in [1.29, 1.82) is 0 Å². The molecule has 0 spiro atoms. The number of likely N-dealkylation sites (tertiary alicyclic amines) is 1. The first-order valence-corrected chi connectivity index (χ1v) is 6.60. The Balaban J connectivity index is 2.16. The van der Waals surface area contributed by atoms with Crippen LogP contribution >= 0.6 is 11.6 Å². The van der Waals surface area contributed by atoms with Crippen molar-refractivity contribution in [2.75, 3.05) is 13.1 Å². The zero-order valence-corrected chi connectivity index (χ0v) is 11.4. The van der Waals surface area contributed by atoms with Crippen molar-refractivity contribution < 1.29 is 9.90 Å². The van der Waals surface area contributed by atoms with Crippen molar-refractivity contribution in [2.24, 2.45) is 5.92 Å². The molecule has 2 unspecified atom stereocenters. The average molecular weight is 268 g/mol. The van der Waals surface area contributed by atoms with E-state index in [1.807, 2.05) is 19.9 Å². The molecule has 4 heteroatoms. The van der Waals surface area contributed by atoms with Gasteiger partial charge in [0.15, 0.2) is 0 Å². The van der Waals surface area contributed by atoms with Crippen molar-refractivity contribution in [2.45, 2.75) is 26.4 Å². The molecule has 3 nitrogen and oxygen atoms in total. The van der Waals surface area contributed by atoms with E-state index in [0.29, 0.717) is 30.1 Å². The lowest BCUT2D eigenvalue weighted by atomic mass is 9.96. The Labute approximate surface area is 112 Å². The van der Waals surface area contributed by atoms with E-state index >= 15 is 0 Å². The van der Waals surface area contributed by atoms with E-state index < -0.39 is 0 Å². The molecular weight excluding hydrogens is 250 g/mol. The van der Waals surface area contributed by atoms with Gasteiger partial charge in [0.05, 0.1) is 16.7 Å². The number of carbonyl (C=O) groups is 1. The van der Waals surface area contributed by atoms with Crippen LogP contribution in [0.1, 0.15) is 29.3 Å². The summed E-state index contributed by atoms with van der Waals surface area (Å²) < 4.78 is 0. The lowest BCUT2D eigenvalue weighted by molar-refractivity contribution is 0.0298. The summed E-state index contributed by atoms with van der Waals surface area (Å²) in [6, 6.07) is 5.47. The molecule has 0 bridgehead atoms. The van der Waals surface area contributed by atoms with Gasteiger partial charge in [-0.3, -0.25) is 4.79 Å². The van der Waals surface area contributed by atoms with Gasteiger partial charge in [-0.05, 0) is 37.0 Å². The summed E-state index contributed by atoms with van der Waals surface area (Å²) in [6.45, 7) is 5.08. The van der Waals surface area contributed by atoms with E-state index in [9.17, 15) is 9.90 Å². The first-order valence-electron chi connectivity index (χ1n) is 6.22. The topological polar surface area (TPSA) is 40.5 Å². The molecule has 1 aromatic rings. The fourth-order valence-corrected chi connectivity index (χ4v) is 2.60. The molecule has 0 aliphatic carbocycles. The van der Waals surface area contributed by atoms with Gasteiger partial charge in [0, 0.05) is 13.1 Å². The van der Waals surface area contributed by atoms with Crippen LogP contribution in [0.3, 0.4) is 0 Å². The zero-order valence-electron chi connectivity index (χ0n) is 10.7. The van der Waals surface area contributed by atoms with Crippen molar-refractivity contribution in [3.8, 4) is 0 Å². The molecule has 1 N–H and O–H groups in total. The van der Waals surface area contributed by atoms with Crippen LogP contribution in [0, 0.1) is 12.8 Å². The Hall–Kier alpha value is -1.06. The largest absolute Gasteiger partial charge is 0.393 e. The maximum atomic E-state index is 12.3. The number of nitrogens with zero attached hydrogens (tertiary/aromatic N) is 1. The molecule has 1 saturated heterocycles. The number of piperidine rings is 1. The molecule has 1 aromatic carbocycles. The fraction of sp³-hybridized carbons (Fsp3) is 0.500. The van der Waals surface area contributed by atoms with Gasteiger partial charge in [-0.2, -0.15) is 0 Å².